The Hall–Kier alpha value is -0.620. The molecule has 0 aromatic heterocycles. The standard InChI is InChI=1S/C18H37NO4S/c1-23-18(20)16-14-12-10-8-6-4-3-5-7-9-11-13-15-17-19-24(2,21)22/h19H,3-17H2,1-2H3. The minimum Gasteiger partial charge on any atom is -0.469 e. The molecule has 24 heavy (non-hydrogen) atoms. The van der Waals surface area contributed by atoms with Crippen LogP contribution in [-0.2, 0) is 19.6 Å². The van der Waals surface area contributed by atoms with Gasteiger partial charge in [0.15, 0.2) is 0 Å². The fourth-order valence-electron chi connectivity index (χ4n) is 2.70. The minimum absolute atomic E-state index is 0.0957. The van der Waals surface area contributed by atoms with Crippen molar-refractivity contribution >= 4 is 16.0 Å². The molecule has 0 aliphatic carbocycles. The molecule has 0 aromatic rings. The molecule has 1 N–H and O–H groups in total. The van der Waals surface area contributed by atoms with Gasteiger partial charge in [-0.25, -0.2) is 13.1 Å². The van der Waals surface area contributed by atoms with Gasteiger partial charge in [-0.15, -0.1) is 0 Å². The van der Waals surface area contributed by atoms with E-state index in [2.05, 4.69) is 9.46 Å². The molecule has 0 aliphatic heterocycles. The lowest BCUT2D eigenvalue weighted by Gasteiger charge is -2.04. The van der Waals surface area contributed by atoms with E-state index in [4.69, 9.17) is 0 Å². The van der Waals surface area contributed by atoms with Crippen molar-refractivity contribution in [2.24, 2.45) is 0 Å². The van der Waals surface area contributed by atoms with E-state index in [1.807, 2.05) is 0 Å². The zero-order valence-electron chi connectivity index (χ0n) is 15.6. The average Bonchev–Trinajstić information content (AvgIpc) is 2.53. The summed E-state index contributed by atoms with van der Waals surface area (Å²) in [6.45, 7) is 0.568. The highest BCUT2D eigenvalue weighted by Crippen LogP contribution is 2.13. The van der Waals surface area contributed by atoms with E-state index in [1.54, 1.807) is 0 Å². The lowest BCUT2D eigenvalue weighted by molar-refractivity contribution is -0.140. The van der Waals surface area contributed by atoms with Crippen molar-refractivity contribution in [3.8, 4) is 0 Å². The van der Waals surface area contributed by atoms with Crippen LogP contribution in [0.5, 0.6) is 0 Å². The molecule has 0 fully saturated rings. The van der Waals surface area contributed by atoms with Crippen LogP contribution >= 0.6 is 0 Å². The number of nitrogens with one attached hydrogen (secondary N) is 1. The monoisotopic (exact) mass is 363 g/mol. The van der Waals surface area contributed by atoms with Gasteiger partial charge >= 0.3 is 5.97 Å². The lowest BCUT2D eigenvalue weighted by atomic mass is 10.0. The van der Waals surface area contributed by atoms with Crippen molar-refractivity contribution in [3.05, 3.63) is 0 Å². The van der Waals surface area contributed by atoms with Crippen LogP contribution in [0.15, 0.2) is 0 Å². The van der Waals surface area contributed by atoms with Crippen LogP contribution in [0.1, 0.15) is 89.9 Å². The van der Waals surface area contributed by atoms with Crippen LogP contribution in [0.4, 0.5) is 0 Å². The number of rotatable bonds is 17. The molecule has 0 saturated carbocycles. The first-order valence-electron chi connectivity index (χ1n) is 9.47. The van der Waals surface area contributed by atoms with E-state index < -0.39 is 10.0 Å². The van der Waals surface area contributed by atoms with Crippen LogP contribution in [0, 0.1) is 0 Å². The van der Waals surface area contributed by atoms with Gasteiger partial charge in [0.2, 0.25) is 10.0 Å². The van der Waals surface area contributed by atoms with Crippen LogP contribution in [0.25, 0.3) is 0 Å². The maximum absolute atomic E-state index is 10.9. The van der Waals surface area contributed by atoms with E-state index in [0.29, 0.717) is 13.0 Å². The minimum atomic E-state index is -3.02. The summed E-state index contributed by atoms with van der Waals surface area (Å²) in [6.07, 6.45) is 17.4. The maximum Gasteiger partial charge on any atom is 0.305 e. The van der Waals surface area contributed by atoms with Gasteiger partial charge < -0.3 is 4.74 Å². The number of sulfonamides is 1. The van der Waals surface area contributed by atoms with Crippen LogP contribution in [0.3, 0.4) is 0 Å². The van der Waals surface area contributed by atoms with Crippen molar-refractivity contribution < 1.29 is 17.9 Å². The fourth-order valence-corrected chi connectivity index (χ4v) is 3.21. The predicted molar refractivity (Wildman–Crippen MR) is 99.5 cm³/mol. The Morgan fingerprint density at radius 2 is 1.12 bits per heavy atom. The SMILES string of the molecule is COC(=O)CCCCCCCCCCCCCCCNS(C)(=O)=O. The topological polar surface area (TPSA) is 72.5 Å². The molecule has 0 unspecified atom stereocenters. The zero-order chi connectivity index (χ0) is 18.1. The van der Waals surface area contributed by atoms with Crippen molar-refractivity contribution in [2.75, 3.05) is 19.9 Å². The summed E-state index contributed by atoms with van der Waals surface area (Å²) in [6, 6.07) is 0. The second kappa shape index (κ2) is 15.9. The number of ether oxygens (including phenoxy) is 1. The van der Waals surface area contributed by atoms with E-state index >= 15 is 0 Å². The van der Waals surface area contributed by atoms with Gasteiger partial charge in [-0.05, 0) is 12.8 Å². The van der Waals surface area contributed by atoms with Gasteiger partial charge in [0.25, 0.3) is 0 Å². The molecule has 0 radical (unpaired) electrons. The second-order valence-electron chi connectivity index (χ2n) is 6.59. The Bertz CT molecular complexity index is 396. The van der Waals surface area contributed by atoms with Crippen LogP contribution < -0.4 is 4.72 Å². The average molecular weight is 364 g/mol. The normalized spacial score (nSPS) is 11.6. The van der Waals surface area contributed by atoms with Gasteiger partial charge in [0, 0.05) is 13.0 Å². The maximum atomic E-state index is 10.9. The van der Waals surface area contributed by atoms with Gasteiger partial charge in [-0.1, -0.05) is 70.6 Å². The van der Waals surface area contributed by atoms with E-state index in [9.17, 15) is 13.2 Å². The Morgan fingerprint density at radius 3 is 1.50 bits per heavy atom. The molecule has 0 rings (SSSR count). The van der Waals surface area contributed by atoms with Crippen molar-refractivity contribution in [3.63, 3.8) is 0 Å². The van der Waals surface area contributed by atoms with E-state index in [0.717, 1.165) is 25.7 Å². The number of carbonyl (C=O) groups excluding carboxylic acids is 1. The molecule has 0 aromatic carbocycles. The Morgan fingerprint density at radius 1 is 0.750 bits per heavy atom. The Labute approximate surface area is 149 Å². The molecule has 0 amide bonds. The zero-order valence-corrected chi connectivity index (χ0v) is 16.5. The molecule has 0 aliphatic rings. The van der Waals surface area contributed by atoms with Crippen LogP contribution in [-0.4, -0.2) is 34.3 Å². The third-order valence-corrected chi connectivity index (χ3v) is 4.88. The summed E-state index contributed by atoms with van der Waals surface area (Å²) in [5.74, 6) is -0.0957. The highest BCUT2D eigenvalue weighted by Gasteiger charge is 2.00. The summed E-state index contributed by atoms with van der Waals surface area (Å²) in [5.41, 5.74) is 0. The first-order chi connectivity index (χ1) is 11.5. The highest BCUT2D eigenvalue weighted by atomic mass is 32.2. The van der Waals surface area contributed by atoms with Gasteiger partial charge in [0.1, 0.15) is 0 Å². The molecule has 0 spiro atoms. The Kier molecular flexibility index (Phi) is 15.5. The summed E-state index contributed by atoms with van der Waals surface area (Å²) >= 11 is 0. The molecule has 0 saturated heterocycles. The third kappa shape index (κ3) is 19.4. The third-order valence-electron chi connectivity index (χ3n) is 4.15. The number of unbranched alkanes of at least 4 members (excludes halogenated alkanes) is 12. The molecule has 0 atom stereocenters. The van der Waals surface area contributed by atoms with Crippen molar-refractivity contribution in [2.45, 2.75) is 89.9 Å². The summed E-state index contributed by atoms with van der Waals surface area (Å²) < 4.78 is 28.9. The largest absolute Gasteiger partial charge is 0.469 e. The first kappa shape index (κ1) is 23.4. The first-order valence-corrected chi connectivity index (χ1v) is 11.4. The fraction of sp³-hybridized carbons (Fsp3) is 0.944. The molecule has 6 heteroatoms. The molecule has 5 nitrogen and oxygen atoms in total. The van der Waals surface area contributed by atoms with Crippen molar-refractivity contribution in [1.29, 1.82) is 0 Å². The quantitative estimate of drug-likeness (QED) is 0.311. The van der Waals surface area contributed by atoms with Gasteiger partial charge in [-0.2, -0.15) is 0 Å². The van der Waals surface area contributed by atoms with E-state index in [-0.39, 0.29) is 5.97 Å². The molecule has 144 valence electrons. The lowest BCUT2D eigenvalue weighted by Crippen LogP contribution is -2.22. The summed E-state index contributed by atoms with van der Waals surface area (Å²) in [7, 11) is -1.57. The number of carbonyl (C=O) groups is 1. The molecular weight excluding hydrogens is 326 g/mol. The van der Waals surface area contributed by atoms with Gasteiger partial charge in [0.05, 0.1) is 13.4 Å². The predicted octanol–water partition coefficient (Wildman–Crippen LogP) is 4.17. The molecular formula is C18H37NO4S. The van der Waals surface area contributed by atoms with Crippen molar-refractivity contribution in [1.82, 2.24) is 4.72 Å². The highest BCUT2D eigenvalue weighted by molar-refractivity contribution is 7.88. The summed E-state index contributed by atoms with van der Waals surface area (Å²) in [4.78, 5) is 10.9. The second-order valence-corrected chi connectivity index (χ2v) is 8.42. The number of hydrogen-bond acceptors (Lipinski definition) is 4. The van der Waals surface area contributed by atoms with Crippen LogP contribution in [0.2, 0.25) is 0 Å². The molecule has 0 heterocycles. The number of hydrogen-bond donors (Lipinski definition) is 1. The molecule has 0 bridgehead atoms. The Balaban J connectivity index is 3.09. The van der Waals surface area contributed by atoms with E-state index in [1.165, 1.54) is 71.2 Å². The summed E-state index contributed by atoms with van der Waals surface area (Å²) in [5, 5.41) is 0. The smallest absolute Gasteiger partial charge is 0.305 e. The number of methoxy groups -OCH3 is 1. The van der Waals surface area contributed by atoms with Gasteiger partial charge in [-0.3, -0.25) is 4.79 Å². The number of esters is 1.